The molecule has 1 aromatic rings. The Balaban J connectivity index is 3.06. The summed E-state index contributed by atoms with van der Waals surface area (Å²) in [6.45, 7) is 1.47. The summed E-state index contributed by atoms with van der Waals surface area (Å²) in [6.07, 6.45) is -3.85. The maximum absolute atomic E-state index is 11.8. The molecule has 0 fully saturated rings. The third kappa shape index (κ3) is 2.63. The van der Waals surface area contributed by atoms with Crippen molar-refractivity contribution < 1.29 is 23.0 Å². The van der Waals surface area contributed by atoms with Crippen LogP contribution in [0.4, 0.5) is 13.2 Å². The molecule has 1 aromatic heterocycles. The Morgan fingerprint density at radius 3 is 2.57 bits per heavy atom. The van der Waals surface area contributed by atoms with Gasteiger partial charge in [-0.3, -0.25) is 0 Å². The fraction of sp³-hybridized carbons (Fsp3) is 0.286. The monoisotopic (exact) mass is 319 g/mol. The summed E-state index contributed by atoms with van der Waals surface area (Å²) in [5.41, 5.74) is 0.305. The first-order chi connectivity index (χ1) is 6.31. The lowest BCUT2D eigenvalue weighted by atomic mass is 10.3. The van der Waals surface area contributed by atoms with E-state index in [0.717, 1.165) is 6.20 Å². The third-order valence-electron chi connectivity index (χ3n) is 1.42. The number of alkyl halides is 3. The molecular weight excluding hydrogens is 314 g/mol. The van der Waals surface area contributed by atoms with E-state index in [2.05, 4.69) is 9.72 Å². The second-order valence-electron chi connectivity index (χ2n) is 2.44. The van der Waals surface area contributed by atoms with Gasteiger partial charge < -0.3 is 9.84 Å². The fourth-order valence-electron chi connectivity index (χ4n) is 0.727. The molecule has 0 bridgehead atoms. The maximum Gasteiger partial charge on any atom is 0.574 e. The van der Waals surface area contributed by atoms with E-state index < -0.39 is 12.2 Å². The molecule has 0 spiro atoms. The Labute approximate surface area is 91.0 Å². The largest absolute Gasteiger partial charge is 0.574 e. The van der Waals surface area contributed by atoms with Gasteiger partial charge in [-0.2, -0.15) is 0 Å². The molecule has 0 aliphatic rings. The summed E-state index contributed by atoms with van der Waals surface area (Å²) in [6, 6.07) is 0. The van der Waals surface area contributed by atoms with Crippen LogP contribution in [-0.4, -0.2) is 16.5 Å². The lowest BCUT2D eigenvalue weighted by Gasteiger charge is -2.10. The number of aromatic hydroxyl groups is 1. The Bertz CT molecular complexity index is 354. The van der Waals surface area contributed by atoms with Gasteiger partial charge in [-0.15, -0.1) is 13.2 Å². The Morgan fingerprint density at radius 2 is 2.07 bits per heavy atom. The fourth-order valence-corrected chi connectivity index (χ4v) is 1.25. The van der Waals surface area contributed by atoms with Gasteiger partial charge in [0.15, 0.2) is 0 Å². The third-order valence-corrected chi connectivity index (χ3v) is 2.69. The minimum atomic E-state index is -4.77. The number of nitrogens with zero attached hydrogens (tertiary/aromatic N) is 1. The first-order valence-corrected chi connectivity index (χ1v) is 4.49. The number of hydrogen-bond acceptors (Lipinski definition) is 3. The summed E-state index contributed by atoms with van der Waals surface area (Å²) in [5, 5.41) is 9.12. The molecule has 0 radical (unpaired) electrons. The quantitative estimate of drug-likeness (QED) is 0.809. The van der Waals surface area contributed by atoms with Crippen LogP contribution in [-0.2, 0) is 0 Å². The SMILES string of the molecule is Cc1c(O)cnc(OC(F)(F)F)c1I. The number of ether oxygens (including phenoxy) is 1. The van der Waals surface area contributed by atoms with Crippen LogP contribution in [0.2, 0.25) is 0 Å². The van der Waals surface area contributed by atoms with Gasteiger partial charge in [-0.1, -0.05) is 0 Å². The molecule has 0 saturated carbocycles. The second-order valence-corrected chi connectivity index (χ2v) is 3.51. The van der Waals surface area contributed by atoms with E-state index in [1.807, 2.05) is 0 Å². The highest BCUT2D eigenvalue weighted by Gasteiger charge is 2.33. The molecular formula is C7H5F3INO2. The average Bonchev–Trinajstić information content (AvgIpc) is 2.04. The number of hydrogen-bond donors (Lipinski definition) is 1. The number of halogens is 4. The molecule has 78 valence electrons. The van der Waals surface area contributed by atoms with E-state index >= 15 is 0 Å². The highest BCUT2D eigenvalue weighted by molar-refractivity contribution is 14.1. The normalized spacial score (nSPS) is 11.5. The van der Waals surface area contributed by atoms with E-state index in [-0.39, 0.29) is 9.32 Å². The number of rotatable bonds is 1. The highest BCUT2D eigenvalue weighted by atomic mass is 127. The van der Waals surface area contributed by atoms with Crippen molar-refractivity contribution in [2.24, 2.45) is 0 Å². The summed E-state index contributed by atoms with van der Waals surface area (Å²) in [4.78, 5) is 3.32. The topological polar surface area (TPSA) is 42.4 Å². The molecule has 1 N–H and O–H groups in total. The lowest BCUT2D eigenvalue weighted by molar-refractivity contribution is -0.276. The van der Waals surface area contributed by atoms with Crippen molar-refractivity contribution >= 4 is 22.6 Å². The van der Waals surface area contributed by atoms with Crippen LogP contribution in [0.1, 0.15) is 5.56 Å². The smallest absolute Gasteiger partial charge is 0.506 e. The minimum Gasteiger partial charge on any atom is -0.506 e. The summed E-state index contributed by atoms with van der Waals surface area (Å²) in [7, 11) is 0. The van der Waals surface area contributed by atoms with Gasteiger partial charge >= 0.3 is 6.36 Å². The van der Waals surface area contributed by atoms with E-state index in [0.29, 0.717) is 5.56 Å². The van der Waals surface area contributed by atoms with E-state index in [1.165, 1.54) is 6.92 Å². The predicted octanol–water partition coefficient (Wildman–Crippen LogP) is 2.60. The van der Waals surface area contributed by atoms with Crippen LogP contribution in [0.15, 0.2) is 6.20 Å². The van der Waals surface area contributed by atoms with Crippen molar-refractivity contribution in [1.82, 2.24) is 4.98 Å². The molecule has 7 heteroatoms. The van der Waals surface area contributed by atoms with Crippen LogP contribution in [0.3, 0.4) is 0 Å². The van der Waals surface area contributed by atoms with Crippen LogP contribution in [0, 0.1) is 10.5 Å². The zero-order valence-corrected chi connectivity index (χ0v) is 9.05. The molecule has 1 heterocycles. The standard InChI is InChI=1S/C7H5F3INO2/c1-3-4(13)2-12-6(5(3)11)14-7(8,9)10/h2,13H,1H3. The first-order valence-electron chi connectivity index (χ1n) is 3.41. The van der Waals surface area contributed by atoms with Gasteiger partial charge in [0.1, 0.15) is 5.75 Å². The van der Waals surface area contributed by atoms with Gasteiger partial charge in [0.05, 0.1) is 9.77 Å². The number of aromatic nitrogens is 1. The van der Waals surface area contributed by atoms with E-state index in [4.69, 9.17) is 5.11 Å². The summed E-state index contributed by atoms with van der Waals surface area (Å²) < 4.78 is 39.3. The van der Waals surface area contributed by atoms with Gasteiger partial charge in [-0.05, 0) is 29.5 Å². The first kappa shape index (κ1) is 11.3. The van der Waals surface area contributed by atoms with Crippen LogP contribution < -0.4 is 4.74 Å². The van der Waals surface area contributed by atoms with Crippen molar-refractivity contribution in [3.05, 3.63) is 15.3 Å². The molecule has 0 atom stereocenters. The van der Waals surface area contributed by atoms with Crippen molar-refractivity contribution in [3.63, 3.8) is 0 Å². The number of pyridine rings is 1. The average molecular weight is 319 g/mol. The maximum atomic E-state index is 11.8. The minimum absolute atomic E-state index is 0.139. The Hall–Kier alpha value is -0.730. The lowest BCUT2D eigenvalue weighted by Crippen LogP contribution is -2.18. The molecule has 1 rings (SSSR count). The predicted molar refractivity (Wildman–Crippen MR) is 50.0 cm³/mol. The highest BCUT2D eigenvalue weighted by Crippen LogP contribution is 2.31. The Kier molecular flexibility index (Phi) is 3.07. The van der Waals surface area contributed by atoms with Gasteiger partial charge in [0.2, 0.25) is 5.88 Å². The molecule has 0 amide bonds. The molecule has 0 aliphatic carbocycles. The van der Waals surface area contributed by atoms with Gasteiger partial charge in [0, 0.05) is 5.56 Å². The second kappa shape index (κ2) is 3.79. The Morgan fingerprint density at radius 1 is 1.50 bits per heavy atom. The van der Waals surface area contributed by atoms with Gasteiger partial charge in [-0.25, -0.2) is 4.98 Å². The van der Waals surface area contributed by atoms with E-state index in [9.17, 15) is 13.2 Å². The molecule has 0 aliphatic heterocycles. The van der Waals surface area contributed by atoms with Crippen LogP contribution in [0.5, 0.6) is 11.6 Å². The van der Waals surface area contributed by atoms with Crippen molar-refractivity contribution in [3.8, 4) is 11.6 Å². The van der Waals surface area contributed by atoms with Crippen LogP contribution in [0.25, 0.3) is 0 Å². The van der Waals surface area contributed by atoms with Gasteiger partial charge in [0.25, 0.3) is 0 Å². The summed E-state index contributed by atoms with van der Waals surface area (Å²) >= 11 is 1.62. The van der Waals surface area contributed by atoms with Crippen LogP contribution >= 0.6 is 22.6 Å². The zero-order valence-electron chi connectivity index (χ0n) is 6.89. The molecule has 0 saturated heterocycles. The molecule has 0 aromatic carbocycles. The molecule has 0 unspecified atom stereocenters. The zero-order chi connectivity index (χ0) is 10.9. The van der Waals surface area contributed by atoms with E-state index in [1.54, 1.807) is 22.6 Å². The van der Waals surface area contributed by atoms with Crippen molar-refractivity contribution in [2.45, 2.75) is 13.3 Å². The molecule has 14 heavy (non-hydrogen) atoms. The van der Waals surface area contributed by atoms with Crippen molar-refractivity contribution in [2.75, 3.05) is 0 Å². The summed E-state index contributed by atoms with van der Waals surface area (Å²) in [5.74, 6) is -0.711. The van der Waals surface area contributed by atoms with Crippen molar-refractivity contribution in [1.29, 1.82) is 0 Å². The molecule has 3 nitrogen and oxygen atoms in total.